The molecule has 0 aliphatic rings. The van der Waals surface area contributed by atoms with Crippen LogP contribution in [0.4, 0.5) is 0 Å². The topological polar surface area (TPSA) is 55.1 Å². The van der Waals surface area contributed by atoms with Gasteiger partial charge in [0.05, 0.1) is 16.6 Å². The zero-order valence-corrected chi connectivity index (χ0v) is 15.9. The Balaban J connectivity index is 0.00000109. The van der Waals surface area contributed by atoms with E-state index in [1.54, 1.807) is 41.8 Å². The van der Waals surface area contributed by atoms with E-state index in [2.05, 4.69) is 4.98 Å². The van der Waals surface area contributed by atoms with Crippen LogP contribution in [-0.4, -0.2) is 14.7 Å². The Labute approximate surface area is 152 Å². The number of halogens is 1. The molecule has 2 aromatic carbocycles. The smallest absolute Gasteiger partial charge is 0.265 e. The number of aryl methyl sites for hydroxylation is 1. The lowest BCUT2D eigenvalue weighted by Gasteiger charge is -2.17. The van der Waals surface area contributed by atoms with Gasteiger partial charge in [-0.1, -0.05) is 39.3 Å². The zero-order valence-electron chi connectivity index (χ0n) is 15.2. The predicted molar refractivity (Wildman–Crippen MR) is 104 cm³/mol. The van der Waals surface area contributed by atoms with Gasteiger partial charge in [0, 0.05) is 16.5 Å². The number of rotatable bonds is 2. The molecule has 3 rings (SSSR count). The molecule has 0 radical (unpaired) electrons. The molecule has 132 valence electrons. The third kappa shape index (κ3) is 3.54. The maximum absolute atomic E-state index is 13.0. The Morgan fingerprint density at radius 3 is 2.24 bits per heavy atom. The first kappa shape index (κ1) is 19.0. The van der Waals surface area contributed by atoms with E-state index in [1.165, 1.54) is 6.07 Å². The molecule has 0 bridgehead atoms. The monoisotopic (exact) mass is 358 g/mol. The normalized spacial score (nSPS) is 10.7. The van der Waals surface area contributed by atoms with Crippen molar-refractivity contribution in [2.75, 3.05) is 0 Å². The van der Waals surface area contributed by atoms with E-state index in [-0.39, 0.29) is 17.2 Å². The first-order chi connectivity index (χ1) is 11.9. The van der Waals surface area contributed by atoms with Crippen LogP contribution in [0.5, 0.6) is 5.75 Å². The minimum atomic E-state index is -0.149. The number of aromatic hydroxyl groups is 1. The molecule has 0 unspecified atom stereocenters. The summed E-state index contributed by atoms with van der Waals surface area (Å²) >= 11 is 5.94. The van der Waals surface area contributed by atoms with Crippen molar-refractivity contribution in [1.82, 2.24) is 9.55 Å². The van der Waals surface area contributed by atoms with Crippen molar-refractivity contribution in [3.63, 3.8) is 0 Å². The van der Waals surface area contributed by atoms with Gasteiger partial charge in [-0.15, -0.1) is 0 Å². The van der Waals surface area contributed by atoms with Gasteiger partial charge in [0.1, 0.15) is 11.6 Å². The third-order valence-corrected chi connectivity index (χ3v) is 4.14. The van der Waals surface area contributed by atoms with E-state index in [4.69, 9.17) is 11.6 Å². The van der Waals surface area contributed by atoms with Gasteiger partial charge in [-0.3, -0.25) is 9.36 Å². The Bertz CT molecular complexity index is 945. The van der Waals surface area contributed by atoms with Gasteiger partial charge in [0.2, 0.25) is 0 Å². The van der Waals surface area contributed by atoms with Gasteiger partial charge in [0.25, 0.3) is 5.56 Å². The Morgan fingerprint density at radius 1 is 1.08 bits per heavy atom. The summed E-state index contributed by atoms with van der Waals surface area (Å²) in [4.78, 5) is 17.7. The molecule has 1 heterocycles. The van der Waals surface area contributed by atoms with E-state index in [0.29, 0.717) is 27.3 Å². The number of benzene rings is 2. The van der Waals surface area contributed by atoms with Gasteiger partial charge in [-0.05, 0) is 43.3 Å². The molecule has 5 heteroatoms. The lowest BCUT2D eigenvalue weighted by molar-refractivity contribution is 0.472. The standard InChI is InChI=1S/C18H17ClN2O2.C2H6/c1-10(2)17-20-16-11(3)15(22)9-8-14(16)18(23)21(17)13-6-4-12(19)5-7-13;1-2/h4-10,22H,1-3H3;1-2H3. The summed E-state index contributed by atoms with van der Waals surface area (Å²) in [7, 11) is 0. The fraction of sp³-hybridized carbons (Fsp3) is 0.300. The number of fused-ring (bicyclic) bond motifs is 1. The van der Waals surface area contributed by atoms with Gasteiger partial charge >= 0.3 is 0 Å². The van der Waals surface area contributed by atoms with E-state index >= 15 is 0 Å². The van der Waals surface area contributed by atoms with Crippen LogP contribution in [0.15, 0.2) is 41.2 Å². The Kier molecular flexibility index (Phi) is 5.85. The Hall–Kier alpha value is -2.33. The van der Waals surface area contributed by atoms with Crippen molar-refractivity contribution in [1.29, 1.82) is 0 Å². The van der Waals surface area contributed by atoms with E-state index < -0.39 is 0 Å². The summed E-state index contributed by atoms with van der Waals surface area (Å²) in [5, 5.41) is 11.0. The lowest BCUT2D eigenvalue weighted by Crippen LogP contribution is -2.25. The molecule has 0 fully saturated rings. The number of nitrogens with zero attached hydrogens (tertiary/aromatic N) is 2. The summed E-state index contributed by atoms with van der Waals surface area (Å²) in [6.07, 6.45) is 0. The molecule has 0 aliphatic carbocycles. The molecular weight excluding hydrogens is 336 g/mol. The number of hydrogen-bond donors (Lipinski definition) is 1. The first-order valence-corrected chi connectivity index (χ1v) is 8.79. The van der Waals surface area contributed by atoms with Crippen LogP contribution < -0.4 is 5.56 Å². The fourth-order valence-corrected chi connectivity index (χ4v) is 2.75. The number of aromatic nitrogens is 2. The highest BCUT2D eigenvalue weighted by Gasteiger charge is 2.17. The molecule has 0 aliphatic heterocycles. The van der Waals surface area contributed by atoms with Crippen LogP contribution in [0.3, 0.4) is 0 Å². The summed E-state index contributed by atoms with van der Waals surface area (Å²) < 4.78 is 1.61. The predicted octanol–water partition coefficient (Wildman–Crippen LogP) is 5.20. The molecule has 0 spiro atoms. The minimum absolute atomic E-state index is 0.0459. The summed E-state index contributed by atoms with van der Waals surface area (Å²) in [6, 6.07) is 10.2. The van der Waals surface area contributed by atoms with Crippen molar-refractivity contribution in [2.24, 2.45) is 0 Å². The van der Waals surface area contributed by atoms with Gasteiger partial charge in [-0.25, -0.2) is 4.98 Å². The molecule has 1 N–H and O–H groups in total. The highest BCUT2D eigenvalue weighted by Crippen LogP contribution is 2.26. The molecular formula is C20H23ClN2O2. The summed E-state index contributed by atoms with van der Waals surface area (Å²) in [5.74, 6) is 0.839. The van der Waals surface area contributed by atoms with Crippen LogP contribution in [0.25, 0.3) is 16.6 Å². The van der Waals surface area contributed by atoms with Gasteiger partial charge in [0.15, 0.2) is 0 Å². The summed E-state index contributed by atoms with van der Waals surface area (Å²) in [5.41, 5.74) is 1.74. The number of hydrogen-bond acceptors (Lipinski definition) is 3. The van der Waals surface area contributed by atoms with E-state index in [1.807, 2.05) is 27.7 Å². The average molecular weight is 359 g/mol. The van der Waals surface area contributed by atoms with Crippen LogP contribution in [-0.2, 0) is 0 Å². The maximum atomic E-state index is 13.0. The van der Waals surface area contributed by atoms with Crippen molar-refractivity contribution < 1.29 is 5.11 Å². The van der Waals surface area contributed by atoms with Crippen LogP contribution in [0.1, 0.15) is 45.0 Å². The number of phenols is 1. The second-order valence-electron chi connectivity index (χ2n) is 5.85. The maximum Gasteiger partial charge on any atom is 0.265 e. The fourth-order valence-electron chi connectivity index (χ4n) is 2.62. The quantitative estimate of drug-likeness (QED) is 0.684. The Morgan fingerprint density at radius 2 is 1.68 bits per heavy atom. The summed E-state index contributed by atoms with van der Waals surface area (Å²) in [6.45, 7) is 9.73. The first-order valence-electron chi connectivity index (χ1n) is 8.41. The lowest BCUT2D eigenvalue weighted by atomic mass is 10.1. The molecule has 0 atom stereocenters. The zero-order chi connectivity index (χ0) is 18.7. The second-order valence-corrected chi connectivity index (χ2v) is 6.28. The third-order valence-electron chi connectivity index (χ3n) is 3.89. The number of phenolic OH excluding ortho intramolecular Hbond substituents is 1. The van der Waals surface area contributed by atoms with Gasteiger partial charge in [-0.2, -0.15) is 0 Å². The molecule has 3 aromatic rings. The van der Waals surface area contributed by atoms with Gasteiger partial charge < -0.3 is 5.11 Å². The van der Waals surface area contributed by atoms with E-state index in [0.717, 1.165) is 5.69 Å². The van der Waals surface area contributed by atoms with Crippen molar-refractivity contribution in [3.05, 3.63) is 63.2 Å². The molecule has 1 aromatic heterocycles. The minimum Gasteiger partial charge on any atom is -0.508 e. The van der Waals surface area contributed by atoms with E-state index in [9.17, 15) is 9.90 Å². The highest BCUT2D eigenvalue weighted by atomic mass is 35.5. The average Bonchev–Trinajstić information content (AvgIpc) is 2.61. The van der Waals surface area contributed by atoms with Crippen molar-refractivity contribution in [3.8, 4) is 11.4 Å². The molecule has 0 amide bonds. The highest BCUT2D eigenvalue weighted by molar-refractivity contribution is 6.30. The van der Waals surface area contributed by atoms with Crippen molar-refractivity contribution >= 4 is 22.5 Å². The second kappa shape index (κ2) is 7.70. The molecule has 0 saturated carbocycles. The largest absolute Gasteiger partial charge is 0.508 e. The van der Waals surface area contributed by atoms with Crippen LogP contribution in [0.2, 0.25) is 5.02 Å². The van der Waals surface area contributed by atoms with Crippen molar-refractivity contribution in [2.45, 2.75) is 40.5 Å². The SMILES string of the molecule is CC.Cc1c(O)ccc2c(=O)n(-c3ccc(Cl)cc3)c(C(C)C)nc12. The molecule has 4 nitrogen and oxygen atoms in total. The van der Waals surface area contributed by atoms with Crippen LogP contribution in [0, 0.1) is 6.92 Å². The molecule has 25 heavy (non-hydrogen) atoms. The van der Waals surface area contributed by atoms with Crippen LogP contribution >= 0.6 is 11.6 Å². The molecule has 0 saturated heterocycles.